The van der Waals surface area contributed by atoms with Crippen molar-refractivity contribution in [2.45, 2.75) is 96.8 Å². The molecule has 0 unspecified atom stereocenters. The molecular formula is C31H43FO4. The van der Waals surface area contributed by atoms with Crippen molar-refractivity contribution in [3.8, 4) is 0 Å². The van der Waals surface area contributed by atoms with Crippen molar-refractivity contribution in [1.29, 1.82) is 0 Å². The van der Waals surface area contributed by atoms with Gasteiger partial charge in [-0.1, -0.05) is 114 Å². The Kier molecular flexibility index (Phi) is 15.2. The highest BCUT2D eigenvalue weighted by atomic mass is 19.1. The van der Waals surface area contributed by atoms with Gasteiger partial charge >= 0.3 is 11.9 Å². The molecular weight excluding hydrogens is 455 g/mol. The summed E-state index contributed by atoms with van der Waals surface area (Å²) in [6.45, 7) is 2.62. The van der Waals surface area contributed by atoms with Crippen LogP contribution in [0.4, 0.5) is 4.39 Å². The zero-order chi connectivity index (χ0) is 25.8. The third-order valence-corrected chi connectivity index (χ3v) is 6.41. The van der Waals surface area contributed by atoms with Crippen molar-refractivity contribution in [2.24, 2.45) is 0 Å². The van der Waals surface area contributed by atoms with E-state index in [0.29, 0.717) is 12.2 Å². The maximum Gasteiger partial charge on any atom is 0.339 e. The molecule has 0 heterocycles. The van der Waals surface area contributed by atoms with Crippen molar-refractivity contribution < 1.29 is 23.5 Å². The molecule has 198 valence electrons. The van der Waals surface area contributed by atoms with Crippen LogP contribution in [0.2, 0.25) is 0 Å². The summed E-state index contributed by atoms with van der Waals surface area (Å²) in [5, 5.41) is 0. The summed E-state index contributed by atoms with van der Waals surface area (Å²) in [6, 6.07) is 12.9. The minimum absolute atomic E-state index is 0.0299. The van der Waals surface area contributed by atoms with Crippen molar-refractivity contribution in [3.63, 3.8) is 0 Å². The quantitative estimate of drug-likeness (QED) is 0.144. The van der Waals surface area contributed by atoms with Gasteiger partial charge < -0.3 is 9.47 Å². The topological polar surface area (TPSA) is 52.6 Å². The molecule has 0 saturated heterocycles. The fraction of sp³-hybridized carbons (Fsp3) is 0.548. The summed E-state index contributed by atoms with van der Waals surface area (Å²) >= 11 is 0. The Morgan fingerprint density at radius 3 is 1.58 bits per heavy atom. The molecule has 0 atom stereocenters. The SMILES string of the molecule is CCCCCCCCCCCCCCCOC(=O)c1ccccc1C(=O)OCCc1ccccc1F. The predicted molar refractivity (Wildman–Crippen MR) is 143 cm³/mol. The largest absolute Gasteiger partial charge is 0.462 e. The third-order valence-electron chi connectivity index (χ3n) is 6.41. The van der Waals surface area contributed by atoms with Crippen LogP contribution in [0.3, 0.4) is 0 Å². The van der Waals surface area contributed by atoms with Gasteiger partial charge in [-0.3, -0.25) is 0 Å². The van der Waals surface area contributed by atoms with Crippen LogP contribution in [-0.2, 0) is 15.9 Å². The first kappa shape index (κ1) is 29.5. The molecule has 0 spiro atoms. The molecule has 0 aliphatic rings. The van der Waals surface area contributed by atoms with Gasteiger partial charge in [-0.15, -0.1) is 0 Å². The number of ether oxygens (including phenoxy) is 2. The van der Waals surface area contributed by atoms with Gasteiger partial charge in [-0.25, -0.2) is 14.0 Å². The van der Waals surface area contributed by atoms with E-state index >= 15 is 0 Å². The lowest BCUT2D eigenvalue weighted by Gasteiger charge is -2.10. The predicted octanol–water partition coefficient (Wildman–Crippen LogP) is 8.47. The number of benzene rings is 2. The van der Waals surface area contributed by atoms with Crippen LogP contribution in [0.1, 0.15) is 117 Å². The van der Waals surface area contributed by atoms with E-state index in [1.807, 2.05) is 0 Å². The average molecular weight is 499 g/mol. The Labute approximate surface area is 216 Å². The maximum absolute atomic E-state index is 13.7. The number of esters is 2. The number of hydrogen-bond acceptors (Lipinski definition) is 4. The van der Waals surface area contributed by atoms with Crippen molar-refractivity contribution in [3.05, 3.63) is 71.0 Å². The number of unbranched alkanes of at least 4 members (excludes halogenated alkanes) is 12. The highest BCUT2D eigenvalue weighted by Gasteiger charge is 2.19. The van der Waals surface area contributed by atoms with Crippen LogP contribution < -0.4 is 0 Å². The zero-order valence-corrected chi connectivity index (χ0v) is 21.9. The van der Waals surface area contributed by atoms with Gasteiger partial charge in [0.2, 0.25) is 0 Å². The maximum atomic E-state index is 13.7. The van der Waals surface area contributed by atoms with E-state index < -0.39 is 11.9 Å². The summed E-state index contributed by atoms with van der Waals surface area (Å²) < 4.78 is 24.4. The average Bonchev–Trinajstić information content (AvgIpc) is 2.89. The molecule has 0 saturated carbocycles. The van der Waals surface area contributed by atoms with Gasteiger partial charge in [0.1, 0.15) is 5.82 Å². The van der Waals surface area contributed by atoms with E-state index in [4.69, 9.17) is 9.47 Å². The van der Waals surface area contributed by atoms with Crippen molar-refractivity contribution in [2.75, 3.05) is 13.2 Å². The molecule has 0 bridgehead atoms. The van der Waals surface area contributed by atoms with Crippen molar-refractivity contribution in [1.82, 2.24) is 0 Å². The molecule has 0 amide bonds. The van der Waals surface area contributed by atoms with E-state index in [1.165, 1.54) is 70.3 Å². The first-order chi connectivity index (χ1) is 17.6. The second kappa shape index (κ2) is 18.6. The van der Waals surface area contributed by atoms with Crippen LogP contribution in [0.5, 0.6) is 0 Å². The van der Waals surface area contributed by atoms with Crippen LogP contribution in [0.25, 0.3) is 0 Å². The van der Waals surface area contributed by atoms with Gasteiger partial charge in [0.25, 0.3) is 0 Å². The molecule has 0 fully saturated rings. The number of rotatable bonds is 19. The van der Waals surface area contributed by atoms with E-state index in [9.17, 15) is 14.0 Å². The lowest BCUT2D eigenvalue weighted by atomic mass is 10.0. The third kappa shape index (κ3) is 11.8. The molecule has 4 nitrogen and oxygen atoms in total. The van der Waals surface area contributed by atoms with Gasteiger partial charge in [-0.2, -0.15) is 0 Å². The lowest BCUT2D eigenvalue weighted by molar-refractivity contribution is 0.0455. The molecule has 0 aliphatic carbocycles. The van der Waals surface area contributed by atoms with Crippen molar-refractivity contribution >= 4 is 11.9 Å². The summed E-state index contributed by atoms with van der Waals surface area (Å²) in [6.07, 6.45) is 16.6. The van der Waals surface area contributed by atoms with Gasteiger partial charge in [0.05, 0.1) is 24.3 Å². The van der Waals surface area contributed by atoms with E-state index in [2.05, 4.69) is 6.92 Å². The minimum Gasteiger partial charge on any atom is -0.462 e. The lowest BCUT2D eigenvalue weighted by Crippen LogP contribution is -2.15. The Hall–Kier alpha value is -2.69. The monoisotopic (exact) mass is 498 g/mol. The van der Waals surface area contributed by atoms with E-state index in [1.54, 1.807) is 42.5 Å². The van der Waals surface area contributed by atoms with E-state index in [0.717, 1.165) is 19.3 Å². The summed E-state index contributed by atoms with van der Waals surface area (Å²) in [7, 11) is 0. The smallest absolute Gasteiger partial charge is 0.339 e. The molecule has 0 aliphatic heterocycles. The molecule has 2 aromatic rings. The Bertz CT molecular complexity index is 896. The summed E-state index contributed by atoms with van der Waals surface area (Å²) in [4.78, 5) is 25.1. The number of carbonyl (C=O) groups excluding carboxylic acids is 2. The molecule has 36 heavy (non-hydrogen) atoms. The molecule has 2 rings (SSSR count). The second-order valence-corrected chi connectivity index (χ2v) is 9.40. The van der Waals surface area contributed by atoms with Crippen LogP contribution >= 0.6 is 0 Å². The van der Waals surface area contributed by atoms with Crippen LogP contribution in [-0.4, -0.2) is 25.2 Å². The van der Waals surface area contributed by atoms with E-state index in [-0.39, 0.29) is 30.0 Å². The first-order valence-electron chi connectivity index (χ1n) is 13.8. The highest BCUT2D eigenvalue weighted by molar-refractivity contribution is 6.03. The number of hydrogen-bond donors (Lipinski definition) is 0. The Morgan fingerprint density at radius 2 is 1.06 bits per heavy atom. The Morgan fingerprint density at radius 1 is 0.611 bits per heavy atom. The normalized spacial score (nSPS) is 10.8. The molecule has 0 aromatic heterocycles. The molecule has 5 heteroatoms. The van der Waals surface area contributed by atoms with Crippen LogP contribution in [0.15, 0.2) is 48.5 Å². The molecule has 0 radical (unpaired) electrons. The first-order valence-corrected chi connectivity index (χ1v) is 13.8. The Balaban J connectivity index is 1.58. The fourth-order valence-electron chi connectivity index (χ4n) is 4.23. The number of halogens is 1. The standard InChI is InChI=1S/C31H43FO4/c1-2-3-4-5-6-7-8-9-10-11-12-13-18-24-35-30(33)27-20-15-16-21-28(27)31(34)36-25-23-26-19-14-17-22-29(26)32/h14-17,19-22H,2-13,18,23-25H2,1H3. The van der Waals surface area contributed by atoms with Gasteiger partial charge in [0.15, 0.2) is 0 Å². The minimum atomic E-state index is -0.611. The molecule has 0 N–H and O–H groups in total. The second-order valence-electron chi connectivity index (χ2n) is 9.40. The number of carbonyl (C=O) groups is 2. The zero-order valence-electron chi connectivity index (χ0n) is 21.9. The molecule has 2 aromatic carbocycles. The van der Waals surface area contributed by atoms with Crippen LogP contribution in [0, 0.1) is 5.82 Å². The summed E-state index contributed by atoms with van der Waals surface area (Å²) in [5.41, 5.74) is 0.847. The highest BCUT2D eigenvalue weighted by Crippen LogP contribution is 2.15. The summed E-state index contributed by atoms with van der Waals surface area (Å²) in [5.74, 6) is -1.46. The van der Waals surface area contributed by atoms with Gasteiger partial charge in [0, 0.05) is 6.42 Å². The fourth-order valence-corrected chi connectivity index (χ4v) is 4.23. The van der Waals surface area contributed by atoms with Gasteiger partial charge in [-0.05, 0) is 30.2 Å².